The summed E-state index contributed by atoms with van der Waals surface area (Å²) in [7, 11) is 0. The van der Waals surface area contributed by atoms with Crippen LogP contribution in [0.1, 0.15) is 37.9 Å². The van der Waals surface area contributed by atoms with Gasteiger partial charge in [-0.1, -0.05) is 17.7 Å². The van der Waals surface area contributed by atoms with Crippen LogP contribution in [0.15, 0.2) is 18.2 Å². The quantitative estimate of drug-likeness (QED) is 0.875. The van der Waals surface area contributed by atoms with Crippen molar-refractivity contribution >= 4 is 0 Å². The summed E-state index contributed by atoms with van der Waals surface area (Å²) in [5, 5.41) is 10.0. The van der Waals surface area contributed by atoms with Crippen LogP contribution in [0, 0.1) is 6.92 Å². The number of phenols is 1. The van der Waals surface area contributed by atoms with Gasteiger partial charge in [-0.2, -0.15) is 0 Å². The normalized spacial score (nSPS) is 27.1. The van der Waals surface area contributed by atoms with Crippen molar-refractivity contribution in [1.29, 1.82) is 0 Å². The van der Waals surface area contributed by atoms with Crippen LogP contribution in [0.4, 0.5) is 0 Å². The average Bonchev–Trinajstić information content (AvgIpc) is 2.30. The second kappa shape index (κ2) is 5.29. The minimum Gasteiger partial charge on any atom is -0.508 e. The molecule has 3 unspecified atom stereocenters. The lowest BCUT2D eigenvalue weighted by Crippen LogP contribution is -2.46. The van der Waals surface area contributed by atoms with Crippen LogP contribution >= 0.6 is 0 Å². The van der Waals surface area contributed by atoms with Crippen molar-refractivity contribution in [2.75, 3.05) is 13.1 Å². The van der Waals surface area contributed by atoms with Gasteiger partial charge in [-0.25, -0.2) is 0 Å². The predicted octanol–water partition coefficient (Wildman–Crippen LogP) is 2.87. The Kier molecular flexibility index (Phi) is 3.93. The zero-order valence-electron chi connectivity index (χ0n) is 11.7. The van der Waals surface area contributed by atoms with Gasteiger partial charge in [-0.15, -0.1) is 0 Å². The Morgan fingerprint density at radius 3 is 2.50 bits per heavy atom. The first kappa shape index (κ1) is 13.4. The molecule has 1 saturated heterocycles. The molecule has 1 N–H and O–H groups in total. The first-order chi connectivity index (χ1) is 8.47. The summed E-state index contributed by atoms with van der Waals surface area (Å²) >= 11 is 0. The molecule has 2 rings (SSSR count). The summed E-state index contributed by atoms with van der Waals surface area (Å²) < 4.78 is 5.75. The van der Waals surface area contributed by atoms with Crippen LogP contribution in [0.3, 0.4) is 0 Å². The summed E-state index contributed by atoms with van der Waals surface area (Å²) in [6, 6.07) is 6.02. The fraction of sp³-hybridized carbons (Fsp3) is 0.600. The molecule has 0 radical (unpaired) electrons. The fourth-order valence-electron chi connectivity index (χ4n) is 2.74. The second-order valence-electron chi connectivity index (χ2n) is 5.45. The molecule has 0 saturated carbocycles. The van der Waals surface area contributed by atoms with E-state index in [2.05, 4.69) is 38.7 Å². The Hall–Kier alpha value is -1.06. The van der Waals surface area contributed by atoms with E-state index < -0.39 is 0 Å². The van der Waals surface area contributed by atoms with E-state index in [0.717, 1.165) is 18.7 Å². The summed E-state index contributed by atoms with van der Waals surface area (Å²) in [5.41, 5.74) is 2.19. The average molecular weight is 249 g/mol. The lowest BCUT2D eigenvalue weighted by molar-refractivity contribution is -0.0791. The number of aromatic hydroxyl groups is 1. The van der Waals surface area contributed by atoms with E-state index in [1.165, 1.54) is 5.56 Å². The topological polar surface area (TPSA) is 32.7 Å². The number of morpholine rings is 1. The van der Waals surface area contributed by atoms with Crippen molar-refractivity contribution in [2.24, 2.45) is 0 Å². The van der Waals surface area contributed by atoms with Gasteiger partial charge in [-0.05, 0) is 33.8 Å². The number of nitrogens with zero attached hydrogens (tertiary/aromatic N) is 1. The van der Waals surface area contributed by atoms with Gasteiger partial charge in [0.25, 0.3) is 0 Å². The number of rotatable bonds is 2. The molecule has 0 bridgehead atoms. The van der Waals surface area contributed by atoms with Crippen molar-refractivity contribution in [3.63, 3.8) is 0 Å². The van der Waals surface area contributed by atoms with E-state index in [9.17, 15) is 5.11 Å². The van der Waals surface area contributed by atoms with Gasteiger partial charge in [-0.3, -0.25) is 4.90 Å². The van der Waals surface area contributed by atoms with E-state index in [-0.39, 0.29) is 18.2 Å². The van der Waals surface area contributed by atoms with Crippen LogP contribution in [0.2, 0.25) is 0 Å². The maximum Gasteiger partial charge on any atom is 0.120 e. The highest BCUT2D eigenvalue weighted by Gasteiger charge is 2.27. The number of phenolic OH excluding ortho intramolecular Hbond substituents is 1. The van der Waals surface area contributed by atoms with Crippen LogP contribution in [-0.4, -0.2) is 35.3 Å². The van der Waals surface area contributed by atoms with Crippen molar-refractivity contribution in [3.05, 3.63) is 29.3 Å². The molecule has 100 valence electrons. The zero-order valence-corrected chi connectivity index (χ0v) is 11.7. The number of aryl methyl sites for hydroxylation is 1. The van der Waals surface area contributed by atoms with E-state index in [0.29, 0.717) is 5.75 Å². The van der Waals surface area contributed by atoms with Gasteiger partial charge in [0.15, 0.2) is 0 Å². The van der Waals surface area contributed by atoms with Crippen LogP contribution in [0.5, 0.6) is 5.75 Å². The zero-order chi connectivity index (χ0) is 13.3. The van der Waals surface area contributed by atoms with Crippen molar-refractivity contribution in [1.82, 2.24) is 4.90 Å². The molecule has 0 aromatic heterocycles. The number of hydrogen-bond acceptors (Lipinski definition) is 3. The molecule has 0 spiro atoms. The molecule has 0 amide bonds. The molecule has 18 heavy (non-hydrogen) atoms. The minimum absolute atomic E-state index is 0.221. The monoisotopic (exact) mass is 249 g/mol. The SMILES string of the molecule is Cc1ccc(O)c(C(C)N2CC(C)OC(C)C2)c1. The van der Waals surface area contributed by atoms with E-state index >= 15 is 0 Å². The Morgan fingerprint density at radius 1 is 1.28 bits per heavy atom. The van der Waals surface area contributed by atoms with Gasteiger partial charge in [0, 0.05) is 24.7 Å². The van der Waals surface area contributed by atoms with Crippen molar-refractivity contribution in [2.45, 2.75) is 45.9 Å². The first-order valence-electron chi connectivity index (χ1n) is 6.66. The van der Waals surface area contributed by atoms with Gasteiger partial charge in [0.2, 0.25) is 0 Å². The molecule has 1 aliphatic rings. The first-order valence-corrected chi connectivity index (χ1v) is 6.66. The lowest BCUT2D eigenvalue weighted by Gasteiger charge is -2.39. The molecule has 1 heterocycles. The molecule has 1 aliphatic heterocycles. The lowest BCUT2D eigenvalue weighted by atomic mass is 10.0. The molecule has 1 aromatic rings. The molecule has 3 heteroatoms. The maximum atomic E-state index is 10.0. The van der Waals surface area contributed by atoms with Gasteiger partial charge < -0.3 is 9.84 Å². The smallest absolute Gasteiger partial charge is 0.120 e. The third-order valence-electron chi connectivity index (χ3n) is 3.63. The fourth-order valence-corrected chi connectivity index (χ4v) is 2.74. The third-order valence-corrected chi connectivity index (χ3v) is 3.63. The molecule has 1 aromatic carbocycles. The maximum absolute atomic E-state index is 10.0. The van der Waals surface area contributed by atoms with Crippen LogP contribution in [-0.2, 0) is 4.74 Å². The van der Waals surface area contributed by atoms with E-state index in [1.54, 1.807) is 6.07 Å². The number of hydrogen-bond donors (Lipinski definition) is 1. The Bertz CT molecular complexity index is 409. The highest BCUT2D eigenvalue weighted by molar-refractivity contribution is 5.37. The third kappa shape index (κ3) is 2.85. The molecule has 0 aliphatic carbocycles. The molecule has 3 atom stereocenters. The Labute approximate surface area is 109 Å². The van der Waals surface area contributed by atoms with Crippen LogP contribution < -0.4 is 0 Å². The molecular formula is C15H23NO2. The predicted molar refractivity (Wildman–Crippen MR) is 72.8 cm³/mol. The number of ether oxygens (including phenoxy) is 1. The Morgan fingerprint density at radius 2 is 1.89 bits per heavy atom. The molecule has 1 fully saturated rings. The summed E-state index contributed by atoms with van der Waals surface area (Å²) in [6.07, 6.45) is 0.506. The standard InChI is InChI=1S/C15H23NO2/c1-10-5-6-15(17)14(7-10)13(4)16-8-11(2)18-12(3)9-16/h5-7,11-13,17H,8-9H2,1-4H3. The van der Waals surface area contributed by atoms with Gasteiger partial charge in [0.1, 0.15) is 5.75 Å². The summed E-state index contributed by atoms with van der Waals surface area (Å²) in [6.45, 7) is 10.2. The van der Waals surface area contributed by atoms with Crippen molar-refractivity contribution < 1.29 is 9.84 Å². The molecular weight excluding hydrogens is 226 g/mol. The summed E-state index contributed by atoms with van der Waals surface area (Å²) in [4.78, 5) is 2.38. The van der Waals surface area contributed by atoms with E-state index in [4.69, 9.17) is 4.74 Å². The second-order valence-corrected chi connectivity index (χ2v) is 5.45. The summed E-state index contributed by atoms with van der Waals surface area (Å²) in [5.74, 6) is 0.389. The number of benzene rings is 1. The van der Waals surface area contributed by atoms with Gasteiger partial charge >= 0.3 is 0 Å². The van der Waals surface area contributed by atoms with E-state index in [1.807, 2.05) is 6.07 Å². The minimum atomic E-state index is 0.221. The largest absolute Gasteiger partial charge is 0.508 e. The van der Waals surface area contributed by atoms with Crippen molar-refractivity contribution in [3.8, 4) is 5.75 Å². The van der Waals surface area contributed by atoms with Gasteiger partial charge in [0.05, 0.1) is 12.2 Å². The molecule has 3 nitrogen and oxygen atoms in total. The Balaban J connectivity index is 2.19. The highest BCUT2D eigenvalue weighted by atomic mass is 16.5. The highest BCUT2D eigenvalue weighted by Crippen LogP contribution is 2.31. The van der Waals surface area contributed by atoms with Crippen LogP contribution in [0.25, 0.3) is 0 Å².